The zero-order valence-corrected chi connectivity index (χ0v) is 11.1. The molecule has 0 N–H and O–H groups in total. The van der Waals surface area contributed by atoms with E-state index < -0.39 is 0 Å². The molecular formula is C16H26O. The van der Waals surface area contributed by atoms with E-state index in [4.69, 9.17) is 0 Å². The lowest BCUT2D eigenvalue weighted by Crippen LogP contribution is -1.80. The maximum absolute atomic E-state index is 10.1. The fraction of sp³-hybridized carbons (Fsp3) is 0.562. The van der Waals surface area contributed by atoms with Crippen molar-refractivity contribution < 1.29 is 4.79 Å². The van der Waals surface area contributed by atoms with Crippen molar-refractivity contribution in [2.45, 2.75) is 58.3 Å². The van der Waals surface area contributed by atoms with Gasteiger partial charge in [-0.1, -0.05) is 62.1 Å². The highest BCUT2D eigenvalue weighted by molar-refractivity contribution is 5.48. The van der Waals surface area contributed by atoms with Gasteiger partial charge in [0, 0.05) is 6.42 Å². The van der Waals surface area contributed by atoms with Gasteiger partial charge in [-0.2, -0.15) is 0 Å². The molecule has 0 aliphatic rings. The highest BCUT2D eigenvalue weighted by Crippen LogP contribution is 2.08. The molecule has 0 aliphatic heterocycles. The Labute approximate surface area is 106 Å². The molecule has 1 heteroatoms. The Bertz CT molecular complexity index is 236. The summed E-state index contributed by atoms with van der Waals surface area (Å²) in [5.41, 5.74) is 0. The van der Waals surface area contributed by atoms with Crippen molar-refractivity contribution >= 4 is 6.29 Å². The van der Waals surface area contributed by atoms with E-state index in [0.29, 0.717) is 0 Å². The number of allylic oxidation sites excluding steroid dienone is 6. The van der Waals surface area contributed by atoms with Gasteiger partial charge in [-0.25, -0.2) is 0 Å². The lowest BCUT2D eigenvalue weighted by molar-refractivity contribution is -0.107. The zero-order chi connectivity index (χ0) is 12.6. The minimum Gasteiger partial charge on any atom is -0.303 e. The Kier molecular flexibility index (Phi) is 13.9. The third-order valence-electron chi connectivity index (χ3n) is 2.60. The summed E-state index contributed by atoms with van der Waals surface area (Å²) in [4.78, 5) is 10.1. The maximum Gasteiger partial charge on any atom is 0.119 e. The van der Waals surface area contributed by atoms with E-state index in [1.54, 1.807) is 0 Å². The molecule has 0 radical (unpaired) electrons. The van der Waals surface area contributed by atoms with E-state index >= 15 is 0 Å². The van der Waals surface area contributed by atoms with Gasteiger partial charge < -0.3 is 4.79 Å². The minimum atomic E-state index is 0.737. The first kappa shape index (κ1) is 15.9. The SMILES string of the molecule is CC=C/C=C/C=C/CCCCCCCCC=O. The lowest BCUT2D eigenvalue weighted by atomic mass is 10.1. The van der Waals surface area contributed by atoms with E-state index in [9.17, 15) is 4.79 Å². The molecule has 1 nitrogen and oxygen atoms in total. The summed E-state index contributed by atoms with van der Waals surface area (Å²) >= 11 is 0. The van der Waals surface area contributed by atoms with Crippen molar-refractivity contribution in [2.75, 3.05) is 0 Å². The molecule has 0 amide bonds. The number of carbonyl (C=O) groups is 1. The molecule has 0 heterocycles. The summed E-state index contributed by atoms with van der Waals surface area (Å²) in [6, 6.07) is 0. The van der Waals surface area contributed by atoms with Crippen molar-refractivity contribution in [3.63, 3.8) is 0 Å². The number of hydrogen-bond acceptors (Lipinski definition) is 1. The summed E-state index contributed by atoms with van der Waals surface area (Å²) in [6.07, 6.45) is 22.9. The smallest absolute Gasteiger partial charge is 0.119 e. The molecule has 0 aromatic rings. The molecule has 0 aromatic carbocycles. The average molecular weight is 234 g/mol. The molecule has 0 unspecified atom stereocenters. The Morgan fingerprint density at radius 3 is 1.94 bits per heavy atom. The van der Waals surface area contributed by atoms with Gasteiger partial charge in [-0.15, -0.1) is 0 Å². The summed E-state index contributed by atoms with van der Waals surface area (Å²) in [6.45, 7) is 2.02. The van der Waals surface area contributed by atoms with Crippen LogP contribution in [0.2, 0.25) is 0 Å². The molecule has 0 aliphatic carbocycles. The summed E-state index contributed by atoms with van der Waals surface area (Å²) in [7, 11) is 0. The monoisotopic (exact) mass is 234 g/mol. The van der Waals surface area contributed by atoms with Gasteiger partial charge in [0.25, 0.3) is 0 Å². The molecule has 0 spiro atoms. The second kappa shape index (κ2) is 14.9. The van der Waals surface area contributed by atoms with Crippen molar-refractivity contribution in [2.24, 2.45) is 0 Å². The Balaban J connectivity index is 3.15. The normalized spacial score (nSPS) is 12.1. The largest absolute Gasteiger partial charge is 0.303 e. The van der Waals surface area contributed by atoms with Crippen molar-refractivity contribution in [3.05, 3.63) is 36.5 Å². The molecule has 0 fully saturated rings. The highest BCUT2D eigenvalue weighted by atomic mass is 16.1. The highest BCUT2D eigenvalue weighted by Gasteiger charge is 1.89. The second-order valence-electron chi connectivity index (χ2n) is 4.20. The molecule has 96 valence electrons. The Morgan fingerprint density at radius 2 is 1.29 bits per heavy atom. The quantitative estimate of drug-likeness (QED) is 0.279. The topological polar surface area (TPSA) is 17.1 Å². The fourth-order valence-corrected chi connectivity index (χ4v) is 1.61. The van der Waals surface area contributed by atoms with E-state index in [1.807, 2.05) is 25.2 Å². The number of carbonyl (C=O) groups excluding carboxylic acids is 1. The van der Waals surface area contributed by atoms with Crippen LogP contribution >= 0.6 is 0 Å². The molecule has 0 saturated heterocycles. The Morgan fingerprint density at radius 1 is 0.706 bits per heavy atom. The summed E-state index contributed by atoms with van der Waals surface area (Å²) < 4.78 is 0. The van der Waals surface area contributed by atoms with Crippen LogP contribution in [0.5, 0.6) is 0 Å². The lowest BCUT2D eigenvalue weighted by Gasteiger charge is -1.98. The second-order valence-corrected chi connectivity index (χ2v) is 4.20. The van der Waals surface area contributed by atoms with Gasteiger partial charge in [0.05, 0.1) is 0 Å². The predicted molar refractivity (Wildman–Crippen MR) is 76.1 cm³/mol. The maximum atomic E-state index is 10.1. The van der Waals surface area contributed by atoms with Gasteiger partial charge in [-0.3, -0.25) is 0 Å². The van der Waals surface area contributed by atoms with Crippen molar-refractivity contribution in [1.82, 2.24) is 0 Å². The third-order valence-corrected chi connectivity index (χ3v) is 2.60. The van der Waals surface area contributed by atoms with Gasteiger partial charge in [-0.05, 0) is 26.2 Å². The van der Waals surface area contributed by atoms with Crippen LogP contribution in [-0.2, 0) is 4.79 Å². The first-order valence-electron chi connectivity index (χ1n) is 6.80. The van der Waals surface area contributed by atoms with Crippen LogP contribution in [0.3, 0.4) is 0 Å². The van der Waals surface area contributed by atoms with E-state index in [1.165, 1.54) is 38.5 Å². The van der Waals surface area contributed by atoms with Crippen LogP contribution in [-0.4, -0.2) is 6.29 Å². The number of unbranched alkanes of at least 4 members (excludes halogenated alkanes) is 7. The van der Waals surface area contributed by atoms with E-state index in [0.717, 1.165) is 19.1 Å². The molecule has 0 atom stereocenters. The van der Waals surface area contributed by atoms with Crippen LogP contribution in [0.25, 0.3) is 0 Å². The molecule has 0 rings (SSSR count). The third kappa shape index (κ3) is 14.9. The standard InChI is InChI=1S/C16H26O/c1-2-3-4-5-6-7-8-9-10-11-12-13-14-15-16-17/h2-7,16H,8-15H2,1H3/b3-2?,5-4+,7-6+. The van der Waals surface area contributed by atoms with Gasteiger partial charge >= 0.3 is 0 Å². The Hall–Kier alpha value is -1.11. The summed E-state index contributed by atoms with van der Waals surface area (Å²) in [5.74, 6) is 0. The first-order valence-corrected chi connectivity index (χ1v) is 6.80. The van der Waals surface area contributed by atoms with E-state index in [2.05, 4.69) is 18.2 Å². The zero-order valence-electron chi connectivity index (χ0n) is 11.1. The van der Waals surface area contributed by atoms with Crippen LogP contribution in [0.4, 0.5) is 0 Å². The first-order chi connectivity index (χ1) is 8.41. The van der Waals surface area contributed by atoms with E-state index in [-0.39, 0.29) is 0 Å². The van der Waals surface area contributed by atoms with Gasteiger partial charge in [0.2, 0.25) is 0 Å². The van der Waals surface area contributed by atoms with Crippen LogP contribution < -0.4 is 0 Å². The number of rotatable bonds is 11. The summed E-state index contributed by atoms with van der Waals surface area (Å²) in [5, 5.41) is 0. The van der Waals surface area contributed by atoms with Crippen molar-refractivity contribution in [1.29, 1.82) is 0 Å². The molecule has 0 aromatic heterocycles. The molecule has 0 bridgehead atoms. The van der Waals surface area contributed by atoms with Crippen LogP contribution in [0.1, 0.15) is 58.3 Å². The number of hydrogen-bond donors (Lipinski definition) is 0. The fourth-order valence-electron chi connectivity index (χ4n) is 1.61. The molecule has 0 saturated carbocycles. The predicted octanol–water partition coefficient (Wildman–Crippen LogP) is 4.99. The molecular weight excluding hydrogens is 208 g/mol. The van der Waals surface area contributed by atoms with Gasteiger partial charge in [0.15, 0.2) is 0 Å². The van der Waals surface area contributed by atoms with Crippen molar-refractivity contribution in [3.8, 4) is 0 Å². The average Bonchev–Trinajstić information content (AvgIpc) is 2.35. The minimum absolute atomic E-state index is 0.737. The van der Waals surface area contributed by atoms with Crippen LogP contribution in [0, 0.1) is 0 Å². The molecule has 17 heavy (non-hydrogen) atoms. The van der Waals surface area contributed by atoms with Gasteiger partial charge in [0.1, 0.15) is 6.29 Å². The van der Waals surface area contributed by atoms with Crippen LogP contribution in [0.15, 0.2) is 36.5 Å². The number of aldehydes is 1.